The Bertz CT molecular complexity index is 830. The average molecular weight is 277 g/mol. The van der Waals surface area contributed by atoms with E-state index in [1.165, 1.54) is 10.8 Å². The Kier molecular flexibility index (Phi) is 3.46. The summed E-state index contributed by atoms with van der Waals surface area (Å²) in [5.41, 5.74) is 3.17. The van der Waals surface area contributed by atoms with Crippen LogP contribution in [0.1, 0.15) is 16.7 Å². The molecule has 0 aliphatic rings. The first-order valence-corrected chi connectivity index (χ1v) is 6.88. The Hall–Kier alpha value is -2.23. The number of benzene rings is 3. The van der Waals surface area contributed by atoms with Gasteiger partial charge in [0.25, 0.3) is 0 Å². The first-order valence-electron chi connectivity index (χ1n) is 6.50. The number of hydrogen-bond donors (Lipinski definition) is 0. The third-order valence-corrected chi connectivity index (χ3v) is 3.55. The zero-order valence-electron chi connectivity index (χ0n) is 11.2. The number of halogens is 1. The average Bonchev–Trinajstić information content (AvgIpc) is 2.46. The van der Waals surface area contributed by atoms with E-state index in [-0.39, 0.29) is 0 Å². The Morgan fingerprint density at radius 3 is 2.40 bits per heavy atom. The van der Waals surface area contributed by atoms with Gasteiger partial charge in [0, 0.05) is 16.1 Å². The van der Waals surface area contributed by atoms with Gasteiger partial charge in [-0.3, -0.25) is 0 Å². The fourth-order valence-corrected chi connectivity index (χ4v) is 2.46. The number of fused-ring (bicyclic) bond motifs is 1. The molecule has 0 saturated carbocycles. The van der Waals surface area contributed by atoms with Crippen molar-refractivity contribution >= 4 is 22.4 Å². The highest BCUT2D eigenvalue weighted by atomic mass is 35.5. The van der Waals surface area contributed by atoms with Crippen LogP contribution in [0.15, 0.2) is 60.7 Å². The highest BCUT2D eigenvalue weighted by Crippen LogP contribution is 2.18. The smallest absolute Gasteiger partial charge is 0.0409 e. The molecule has 0 nitrogen and oxygen atoms in total. The summed E-state index contributed by atoms with van der Waals surface area (Å²) in [6, 6.07) is 20.3. The molecule has 20 heavy (non-hydrogen) atoms. The minimum absolute atomic E-state index is 0.748. The van der Waals surface area contributed by atoms with Gasteiger partial charge < -0.3 is 0 Å². The van der Waals surface area contributed by atoms with E-state index >= 15 is 0 Å². The van der Waals surface area contributed by atoms with E-state index in [1.54, 1.807) is 0 Å². The van der Waals surface area contributed by atoms with Crippen molar-refractivity contribution in [2.24, 2.45) is 0 Å². The third kappa shape index (κ3) is 2.54. The molecule has 0 unspecified atom stereocenters. The fraction of sp³-hybridized carbons (Fsp3) is 0.0526. The van der Waals surface area contributed by atoms with Gasteiger partial charge in [-0.2, -0.15) is 0 Å². The standard InChI is InChI=1S/C19H13Cl/c1-14-13-18(20)12-11-15(14)9-10-17-7-4-6-16-5-2-3-8-19(16)17/h2-8,11-13H,1H3. The van der Waals surface area contributed by atoms with Gasteiger partial charge in [0.1, 0.15) is 0 Å². The van der Waals surface area contributed by atoms with Crippen molar-refractivity contribution < 1.29 is 0 Å². The molecule has 0 aliphatic heterocycles. The summed E-state index contributed by atoms with van der Waals surface area (Å²) >= 11 is 5.96. The van der Waals surface area contributed by atoms with Gasteiger partial charge in [0.2, 0.25) is 0 Å². The second-order valence-corrected chi connectivity index (χ2v) is 5.17. The van der Waals surface area contributed by atoms with Crippen molar-refractivity contribution in [1.82, 2.24) is 0 Å². The minimum atomic E-state index is 0.748. The van der Waals surface area contributed by atoms with Crippen LogP contribution in [0, 0.1) is 18.8 Å². The number of aryl methyl sites for hydroxylation is 1. The molecule has 0 spiro atoms. The molecular weight excluding hydrogens is 264 g/mol. The van der Waals surface area contributed by atoms with Crippen LogP contribution >= 0.6 is 11.6 Å². The van der Waals surface area contributed by atoms with Crippen molar-refractivity contribution in [3.8, 4) is 11.8 Å². The zero-order valence-corrected chi connectivity index (χ0v) is 11.9. The third-order valence-electron chi connectivity index (χ3n) is 3.31. The van der Waals surface area contributed by atoms with E-state index in [2.05, 4.69) is 36.1 Å². The molecular formula is C19H13Cl. The lowest BCUT2D eigenvalue weighted by atomic mass is 10.0. The first kappa shape index (κ1) is 12.8. The molecule has 0 heterocycles. The maximum atomic E-state index is 5.96. The molecule has 3 aromatic carbocycles. The number of rotatable bonds is 0. The van der Waals surface area contributed by atoms with Gasteiger partial charge in [-0.15, -0.1) is 0 Å². The van der Waals surface area contributed by atoms with Crippen LogP contribution in [0.5, 0.6) is 0 Å². The molecule has 0 bridgehead atoms. The van der Waals surface area contributed by atoms with E-state index in [4.69, 9.17) is 11.6 Å². The SMILES string of the molecule is Cc1cc(Cl)ccc1C#Cc1cccc2ccccc12. The van der Waals surface area contributed by atoms with Crippen LogP contribution in [0.3, 0.4) is 0 Å². The van der Waals surface area contributed by atoms with E-state index in [0.29, 0.717) is 0 Å². The summed E-state index contributed by atoms with van der Waals surface area (Å²) in [5, 5.41) is 3.15. The Labute approximate surface area is 124 Å². The van der Waals surface area contributed by atoms with E-state index in [9.17, 15) is 0 Å². The van der Waals surface area contributed by atoms with Gasteiger partial charge >= 0.3 is 0 Å². The Morgan fingerprint density at radius 2 is 1.55 bits per heavy atom. The predicted octanol–water partition coefficient (Wildman–Crippen LogP) is 5.20. The number of hydrogen-bond acceptors (Lipinski definition) is 0. The highest BCUT2D eigenvalue weighted by molar-refractivity contribution is 6.30. The van der Waals surface area contributed by atoms with Crippen LogP contribution in [0.2, 0.25) is 5.02 Å². The monoisotopic (exact) mass is 276 g/mol. The topological polar surface area (TPSA) is 0 Å². The summed E-state index contributed by atoms with van der Waals surface area (Å²) in [6.07, 6.45) is 0. The van der Waals surface area contributed by atoms with Crippen LogP contribution in [-0.2, 0) is 0 Å². The van der Waals surface area contributed by atoms with Crippen molar-refractivity contribution in [1.29, 1.82) is 0 Å². The highest BCUT2D eigenvalue weighted by Gasteiger charge is 1.98. The molecule has 3 aromatic rings. The first-order chi connectivity index (χ1) is 9.74. The van der Waals surface area contributed by atoms with Crippen LogP contribution in [-0.4, -0.2) is 0 Å². The summed E-state index contributed by atoms with van der Waals surface area (Å²) in [7, 11) is 0. The lowest BCUT2D eigenvalue weighted by Gasteiger charge is -2.00. The van der Waals surface area contributed by atoms with Gasteiger partial charge in [0.05, 0.1) is 0 Å². The molecule has 0 saturated heterocycles. The summed E-state index contributed by atoms with van der Waals surface area (Å²) in [6.45, 7) is 2.03. The molecule has 0 fully saturated rings. The van der Waals surface area contributed by atoms with Crippen LogP contribution in [0.25, 0.3) is 10.8 Å². The van der Waals surface area contributed by atoms with Gasteiger partial charge in [0.15, 0.2) is 0 Å². The zero-order chi connectivity index (χ0) is 13.9. The quantitative estimate of drug-likeness (QED) is 0.495. The molecule has 3 rings (SSSR count). The molecule has 0 radical (unpaired) electrons. The van der Waals surface area contributed by atoms with Crippen molar-refractivity contribution in [2.45, 2.75) is 6.92 Å². The lowest BCUT2D eigenvalue weighted by Crippen LogP contribution is -1.83. The fourth-order valence-electron chi connectivity index (χ4n) is 2.24. The van der Waals surface area contributed by atoms with Crippen molar-refractivity contribution in [3.63, 3.8) is 0 Å². The van der Waals surface area contributed by atoms with E-state index < -0.39 is 0 Å². The van der Waals surface area contributed by atoms with Crippen LogP contribution in [0.4, 0.5) is 0 Å². The van der Waals surface area contributed by atoms with Gasteiger partial charge in [-0.05, 0) is 47.5 Å². The largest absolute Gasteiger partial charge is 0.0843 e. The second kappa shape index (κ2) is 5.41. The predicted molar refractivity (Wildman–Crippen MR) is 86.1 cm³/mol. The summed E-state index contributed by atoms with van der Waals surface area (Å²) in [5.74, 6) is 6.51. The molecule has 0 N–H and O–H groups in total. The molecule has 0 aliphatic carbocycles. The lowest BCUT2D eigenvalue weighted by molar-refractivity contribution is 1.44. The maximum Gasteiger partial charge on any atom is 0.0409 e. The summed E-state index contributed by atoms with van der Waals surface area (Å²) in [4.78, 5) is 0. The molecule has 96 valence electrons. The van der Waals surface area contributed by atoms with Crippen molar-refractivity contribution in [2.75, 3.05) is 0 Å². The Morgan fingerprint density at radius 1 is 0.800 bits per heavy atom. The molecule has 0 aromatic heterocycles. The molecule has 1 heteroatoms. The van der Waals surface area contributed by atoms with Gasteiger partial charge in [-0.1, -0.05) is 59.8 Å². The summed E-state index contributed by atoms with van der Waals surface area (Å²) < 4.78 is 0. The van der Waals surface area contributed by atoms with E-state index in [0.717, 1.165) is 21.7 Å². The van der Waals surface area contributed by atoms with Crippen LogP contribution < -0.4 is 0 Å². The Balaban J connectivity index is 2.08. The normalized spacial score (nSPS) is 10.1. The van der Waals surface area contributed by atoms with Crippen molar-refractivity contribution in [3.05, 3.63) is 82.4 Å². The molecule has 0 atom stereocenters. The maximum absolute atomic E-state index is 5.96. The minimum Gasteiger partial charge on any atom is -0.0843 e. The second-order valence-electron chi connectivity index (χ2n) is 4.74. The molecule has 0 amide bonds. The van der Waals surface area contributed by atoms with E-state index in [1.807, 2.05) is 43.3 Å². The van der Waals surface area contributed by atoms with Gasteiger partial charge in [-0.25, -0.2) is 0 Å².